The van der Waals surface area contributed by atoms with Crippen molar-refractivity contribution in [1.82, 2.24) is 19.7 Å². The monoisotopic (exact) mass is 410 g/mol. The summed E-state index contributed by atoms with van der Waals surface area (Å²) in [4.78, 5) is 34.4. The van der Waals surface area contributed by atoms with Crippen molar-refractivity contribution >= 4 is 11.8 Å². The van der Waals surface area contributed by atoms with Crippen molar-refractivity contribution in [3.8, 4) is 0 Å². The minimum atomic E-state index is -4.58. The molecule has 29 heavy (non-hydrogen) atoms. The molecule has 2 amide bonds. The topological polar surface area (TPSA) is 56.8 Å². The number of hydrogen-bond donors (Lipinski definition) is 0. The van der Waals surface area contributed by atoms with Crippen LogP contribution in [-0.2, 0) is 11.0 Å². The summed E-state index contributed by atoms with van der Waals surface area (Å²) in [5.41, 5.74) is -1.29. The lowest BCUT2D eigenvalue weighted by Crippen LogP contribution is -2.68. The molecule has 3 fully saturated rings. The molecule has 3 aliphatic rings. The Morgan fingerprint density at radius 1 is 1.03 bits per heavy atom. The molecule has 0 aliphatic carbocycles. The molecule has 1 aromatic rings. The van der Waals surface area contributed by atoms with Gasteiger partial charge >= 0.3 is 6.18 Å². The summed E-state index contributed by atoms with van der Waals surface area (Å²) in [6.07, 6.45) is 1.11. The van der Waals surface area contributed by atoms with Crippen molar-refractivity contribution in [3.05, 3.63) is 29.6 Å². The van der Waals surface area contributed by atoms with Crippen LogP contribution in [0.4, 0.5) is 13.2 Å². The normalized spacial score (nSPS) is 25.3. The highest BCUT2D eigenvalue weighted by molar-refractivity contribution is 5.94. The Morgan fingerprint density at radius 3 is 2.41 bits per heavy atom. The maximum absolute atomic E-state index is 12.9. The smallest absolute Gasteiger partial charge is 0.342 e. The second-order valence-electron chi connectivity index (χ2n) is 8.24. The van der Waals surface area contributed by atoms with Gasteiger partial charge in [0.05, 0.1) is 6.54 Å². The highest BCUT2D eigenvalue weighted by Crippen LogP contribution is 2.39. The van der Waals surface area contributed by atoms with Crippen LogP contribution in [0, 0.1) is 0 Å². The number of halogens is 3. The van der Waals surface area contributed by atoms with E-state index in [1.165, 1.54) is 6.07 Å². The quantitative estimate of drug-likeness (QED) is 0.768. The summed E-state index contributed by atoms with van der Waals surface area (Å²) in [7, 11) is 0. The fourth-order valence-electron chi connectivity index (χ4n) is 4.71. The molecule has 0 aromatic carbocycles. The van der Waals surface area contributed by atoms with Crippen LogP contribution in [0.1, 0.15) is 48.2 Å². The Labute approximate surface area is 167 Å². The molecule has 0 bridgehead atoms. The van der Waals surface area contributed by atoms with Gasteiger partial charge < -0.3 is 9.80 Å². The molecule has 158 valence electrons. The lowest BCUT2D eigenvalue weighted by Gasteiger charge is -2.57. The average Bonchev–Trinajstić information content (AvgIpc) is 3.25. The van der Waals surface area contributed by atoms with Crippen LogP contribution >= 0.6 is 0 Å². The molecule has 1 aromatic heterocycles. The number of carbonyl (C=O) groups excluding carboxylic acids is 2. The van der Waals surface area contributed by atoms with E-state index in [4.69, 9.17) is 0 Å². The van der Waals surface area contributed by atoms with Crippen molar-refractivity contribution in [2.24, 2.45) is 0 Å². The van der Waals surface area contributed by atoms with Crippen LogP contribution in [-0.4, -0.2) is 76.3 Å². The maximum atomic E-state index is 12.9. The van der Waals surface area contributed by atoms with Gasteiger partial charge in [0.1, 0.15) is 5.69 Å². The molecular formula is C20H25F3N4O2. The SMILES string of the molecule is O=C(CN1CCC12CCCN(C(=O)c1ccnc(C(F)(F)F)c1)C2)N1CCCC1. The third-order valence-electron chi connectivity index (χ3n) is 6.44. The number of hydrogen-bond acceptors (Lipinski definition) is 4. The summed E-state index contributed by atoms with van der Waals surface area (Å²) in [5, 5.41) is 0. The molecule has 0 saturated carbocycles. The lowest BCUT2D eigenvalue weighted by atomic mass is 9.77. The van der Waals surface area contributed by atoms with Gasteiger partial charge in [-0.1, -0.05) is 0 Å². The molecule has 0 N–H and O–H groups in total. The Hall–Kier alpha value is -2.16. The molecule has 9 heteroatoms. The van der Waals surface area contributed by atoms with Crippen molar-refractivity contribution < 1.29 is 22.8 Å². The largest absolute Gasteiger partial charge is 0.433 e. The average molecular weight is 410 g/mol. The van der Waals surface area contributed by atoms with Gasteiger partial charge in [0.2, 0.25) is 5.91 Å². The third-order valence-corrected chi connectivity index (χ3v) is 6.44. The zero-order valence-corrected chi connectivity index (χ0v) is 16.2. The van der Waals surface area contributed by atoms with E-state index in [-0.39, 0.29) is 17.0 Å². The maximum Gasteiger partial charge on any atom is 0.433 e. The predicted molar refractivity (Wildman–Crippen MR) is 99.1 cm³/mol. The fraction of sp³-hybridized carbons (Fsp3) is 0.650. The Morgan fingerprint density at radius 2 is 1.76 bits per heavy atom. The molecule has 1 spiro atoms. The third kappa shape index (κ3) is 3.97. The highest BCUT2D eigenvalue weighted by atomic mass is 19.4. The second-order valence-corrected chi connectivity index (χ2v) is 8.24. The van der Waals surface area contributed by atoms with Gasteiger partial charge in [-0.05, 0) is 44.2 Å². The number of piperidine rings is 1. The first-order chi connectivity index (χ1) is 13.8. The summed E-state index contributed by atoms with van der Waals surface area (Å²) in [6.45, 7) is 3.76. The molecule has 4 heterocycles. The summed E-state index contributed by atoms with van der Waals surface area (Å²) in [5.74, 6) is -0.274. The van der Waals surface area contributed by atoms with Crippen LogP contribution in [0.15, 0.2) is 18.3 Å². The van der Waals surface area contributed by atoms with E-state index in [0.717, 1.165) is 64.0 Å². The minimum Gasteiger partial charge on any atom is -0.342 e. The number of aromatic nitrogens is 1. The van der Waals surface area contributed by atoms with Crippen molar-refractivity contribution in [2.75, 3.05) is 39.3 Å². The van der Waals surface area contributed by atoms with E-state index >= 15 is 0 Å². The number of amides is 2. The van der Waals surface area contributed by atoms with E-state index in [1.807, 2.05) is 4.90 Å². The van der Waals surface area contributed by atoms with Crippen molar-refractivity contribution in [2.45, 2.75) is 43.8 Å². The van der Waals surface area contributed by atoms with Crippen molar-refractivity contribution in [3.63, 3.8) is 0 Å². The first-order valence-electron chi connectivity index (χ1n) is 10.1. The van der Waals surface area contributed by atoms with E-state index in [1.54, 1.807) is 4.90 Å². The van der Waals surface area contributed by atoms with Crippen molar-refractivity contribution in [1.29, 1.82) is 0 Å². The lowest BCUT2D eigenvalue weighted by molar-refractivity contribution is -0.141. The summed E-state index contributed by atoms with van der Waals surface area (Å²) >= 11 is 0. The highest BCUT2D eigenvalue weighted by Gasteiger charge is 2.49. The predicted octanol–water partition coefficient (Wildman–Crippen LogP) is 2.40. The molecule has 4 rings (SSSR count). The minimum absolute atomic E-state index is 0.00314. The molecule has 6 nitrogen and oxygen atoms in total. The molecule has 1 unspecified atom stereocenters. The fourth-order valence-corrected chi connectivity index (χ4v) is 4.71. The van der Waals surface area contributed by atoms with Gasteiger partial charge in [-0.25, -0.2) is 0 Å². The molecule has 0 radical (unpaired) electrons. The Kier molecular flexibility index (Phi) is 5.27. The van der Waals surface area contributed by atoms with E-state index in [9.17, 15) is 22.8 Å². The molecular weight excluding hydrogens is 385 g/mol. The van der Waals surface area contributed by atoms with E-state index in [0.29, 0.717) is 19.6 Å². The van der Waals surface area contributed by atoms with Crippen LogP contribution < -0.4 is 0 Å². The number of carbonyl (C=O) groups is 2. The second kappa shape index (κ2) is 7.59. The first kappa shape index (κ1) is 20.1. The van der Waals surface area contributed by atoms with Crippen LogP contribution in [0.5, 0.6) is 0 Å². The first-order valence-corrected chi connectivity index (χ1v) is 10.1. The van der Waals surface area contributed by atoms with Gasteiger partial charge in [-0.2, -0.15) is 13.2 Å². The summed E-state index contributed by atoms with van der Waals surface area (Å²) < 4.78 is 38.8. The van der Waals surface area contributed by atoms with Crippen LogP contribution in [0.3, 0.4) is 0 Å². The van der Waals surface area contributed by atoms with Gasteiger partial charge in [0.25, 0.3) is 5.91 Å². The summed E-state index contributed by atoms with van der Waals surface area (Å²) in [6, 6.07) is 2.15. The number of pyridine rings is 1. The van der Waals surface area contributed by atoms with Gasteiger partial charge in [0, 0.05) is 50.0 Å². The zero-order valence-electron chi connectivity index (χ0n) is 16.2. The van der Waals surface area contributed by atoms with E-state index in [2.05, 4.69) is 9.88 Å². The standard InChI is InChI=1S/C20H25F3N4O2/c21-20(22,23)16-12-15(4-7-24-16)18(29)26-10-3-5-19(14-26)6-11-27(19)13-17(28)25-8-1-2-9-25/h4,7,12H,1-3,5-6,8-11,13-14H2. The molecule has 3 saturated heterocycles. The van der Waals surface area contributed by atoms with E-state index < -0.39 is 17.8 Å². The number of nitrogens with zero attached hydrogens (tertiary/aromatic N) is 4. The molecule has 3 aliphatic heterocycles. The zero-order chi connectivity index (χ0) is 20.6. The van der Waals surface area contributed by atoms with Crippen LogP contribution in [0.25, 0.3) is 0 Å². The Balaban J connectivity index is 1.44. The molecule has 1 atom stereocenters. The number of likely N-dealkylation sites (tertiary alicyclic amines) is 3. The van der Waals surface area contributed by atoms with Gasteiger partial charge in [-0.3, -0.25) is 19.5 Å². The number of rotatable bonds is 3. The van der Waals surface area contributed by atoms with Crippen LogP contribution in [0.2, 0.25) is 0 Å². The van der Waals surface area contributed by atoms with Gasteiger partial charge in [-0.15, -0.1) is 0 Å². The van der Waals surface area contributed by atoms with Gasteiger partial charge in [0.15, 0.2) is 0 Å². The number of alkyl halides is 3. The Bertz CT molecular complexity index is 794.